The van der Waals surface area contributed by atoms with E-state index in [1.165, 1.54) is 5.12 Å². The molecule has 1 rings (SSSR count). The molecule has 0 atom stereocenters. The van der Waals surface area contributed by atoms with E-state index in [4.69, 9.17) is 5.84 Å². The molecule has 0 aliphatic carbocycles. The van der Waals surface area contributed by atoms with E-state index in [0.29, 0.717) is 0 Å². The molecular weight excluding hydrogens is 90.1 g/mol. The standard InChI is InChI=1S/C4H9N3/c1-4-2-3-7(5)6-4/h2-3,5H2,1H3. The molecule has 7 heavy (non-hydrogen) atoms. The average molecular weight is 99.1 g/mol. The second-order valence-electron chi connectivity index (χ2n) is 1.75. The Labute approximate surface area is 42.8 Å². The van der Waals surface area contributed by atoms with E-state index in [1.807, 2.05) is 6.92 Å². The Morgan fingerprint density at radius 2 is 2.57 bits per heavy atom. The topological polar surface area (TPSA) is 41.6 Å². The fraction of sp³-hybridized carbons (Fsp3) is 0.750. The van der Waals surface area contributed by atoms with Gasteiger partial charge in [-0.15, -0.1) is 0 Å². The van der Waals surface area contributed by atoms with Crippen LogP contribution in [0.3, 0.4) is 0 Å². The van der Waals surface area contributed by atoms with Gasteiger partial charge >= 0.3 is 0 Å². The number of nitrogens with zero attached hydrogens (tertiary/aromatic N) is 2. The smallest absolute Gasteiger partial charge is 0.0583 e. The fourth-order valence-corrected chi connectivity index (χ4v) is 0.596. The molecular formula is C4H9N3. The third-order valence-corrected chi connectivity index (χ3v) is 1.00. The molecule has 0 aromatic rings. The van der Waals surface area contributed by atoms with Gasteiger partial charge in [0.1, 0.15) is 0 Å². The van der Waals surface area contributed by atoms with Crippen molar-refractivity contribution in [3.05, 3.63) is 0 Å². The Bertz CT molecular complexity index is 97.1. The van der Waals surface area contributed by atoms with Gasteiger partial charge in [-0.05, 0) is 6.92 Å². The van der Waals surface area contributed by atoms with Crippen LogP contribution in [0, 0.1) is 0 Å². The molecule has 0 spiro atoms. The van der Waals surface area contributed by atoms with Crippen molar-refractivity contribution >= 4 is 5.71 Å². The lowest BCUT2D eigenvalue weighted by Crippen LogP contribution is -2.21. The summed E-state index contributed by atoms with van der Waals surface area (Å²) in [6.45, 7) is 2.86. The molecule has 0 aromatic heterocycles. The van der Waals surface area contributed by atoms with Crippen molar-refractivity contribution in [2.24, 2.45) is 10.9 Å². The highest BCUT2D eigenvalue weighted by molar-refractivity contribution is 5.82. The molecule has 1 aliphatic rings. The zero-order chi connectivity index (χ0) is 5.28. The molecule has 0 amide bonds. The van der Waals surface area contributed by atoms with Crippen LogP contribution in [0.15, 0.2) is 5.10 Å². The van der Waals surface area contributed by atoms with Crippen LogP contribution >= 0.6 is 0 Å². The summed E-state index contributed by atoms with van der Waals surface area (Å²) in [5, 5.41) is 5.38. The predicted octanol–water partition coefficient (Wildman–Crippen LogP) is -0.0583. The minimum Gasteiger partial charge on any atom is -0.232 e. The molecule has 0 saturated carbocycles. The summed E-state index contributed by atoms with van der Waals surface area (Å²) in [5.74, 6) is 5.27. The minimum absolute atomic E-state index is 0.881. The number of nitrogens with two attached hydrogens (primary N) is 1. The molecule has 0 aromatic carbocycles. The predicted molar refractivity (Wildman–Crippen MR) is 28.6 cm³/mol. The van der Waals surface area contributed by atoms with Crippen molar-refractivity contribution in [1.82, 2.24) is 5.12 Å². The first kappa shape index (κ1) is 4.59. The second kappa shape index (κ2) is 1.50. The van der Waals surface area contributed by atoms with Gasteiger partial charge in [0.2, 0.25) is 0 Å². The van der Waals surface area contributed by atoms with E-state index < -0.39 is 0 Å². The van der Waals surface area contributed by atoms with Crippen molar-refractivity contribution in [2.75, 3.05) is 6.54 Å². The van der Waals surface area contributed by atoms with Gasteiger partial charge < -0.3 is 0 Å². The molecule has 1 heterocycles. The van der Waals surface area contributed by atoms with E-state index in [1.54, 1.807) is 0 Å². The molecule has 3 nitrogen and oxygen atoms in total. The lowest BCUT2D eigenvalue weighted by molar-refractivity contribution is 0.332. The Morgan fingerprint density at radius 3 is 2.71 bits per heavy atom. The maximum Gasteiger partial charge on any atom is 0.0583 e. The van der Waals surface area contributed by atoms with Gasteiger partial charge in [0.25, 0.3) is 0 Å². The SMILES string of the molecule is CC1=NN(N)CC1. The molecule has 0 saturated heterocycles. The van der Waals surface area contributed by atoms with Crippen LogP contribution in [0.4, 0.5) is 0 Å². The van der Waals surface area contributed by atoms with Crippen LogP contribution in [-0.4, -0.2) is 17.4 Å². The van der Waals surface area contributed by atoms with E-state index in [-0.39, 0.29) is 0 Å². The van der Waals surface area contributed by atoms with Gasteiger partial charge in [-0.25, -0.2) is 11.0 Å². The first-order valence-electron chi connectivity index (χ1n) is 2.35. The molecule has 0 unspecified atom stereocenters. The summed E-state index contributed by atoms with van der Waals surface area (Å²) in [6.07, 6.45) is 1.02. The highest BCUT2D eigenvalue weighted by Gasteiger charge is 2.03. The van der Waals surface area contributed by atoms with Crippen LogP contribution < -0.4 is 5.84 Å². The highest BCUT2D eigenvalue weighted by atomic mass is 15.6. The zero-order valence-corrected chi connectivity index (χ0v) is 4.39. The minimum atomic E-state index is 0.881. The third-order valence-electron chi connectivity index (χ3n) is 1.00. The Kier molecular flexibility index (Phi) is 0.982. The number of hydrazone groups is 1. The van der Waals surface area contributed by atoms with Crippen molar-refractivity contribution in [3.63, 3.8) is 0 Å². The van der Waals surface area contributed by atoms with Crippen molar-refractivity contribution < 1.29 is 0 Å². The van der Waals surface area contributed by atoms with Crippen LogP contribution in [0.1, 0.15) is 13.3 Å². The van der Waals surface area contributed by atoms with E-state index in [9.17, 15) is 0 Å². The van der Waals surface area contributed by atoms with Gasteiger partial charge in [0, 0.05) is 12.1 Å². The molecule has 0 fully saturated rings. The second-order valence-corrected chi connectivity index (χ2v) is 1.75. The lowest BCUT2D eigenvalue weighted by Gasteiger charge is -2.00. The molecule has 3 heteroatoms. The summed E-state index contributed by atoms with van der Waals surface area (Å²) >= 11 is 0. The number of rotatable bonds is 0. The van der Waals surface area contributed by atoms with Gasteiger partial charge in [0.05, 0.1) is 6.54 Å². The summed E-state index contributed by atoms with van der Waals surface area (Å²) < 4.78 is 0. The van der Waals surface area contributed by atoms with Crippen LogP contribution in [0.5, 0.6) is 0 Å². The zero-order valence-electron chi connectivity index (χ0n) is 4.39. The Balaban J connectivity index is 2.50. The highest BCUT2D eigenvalue weighted by Crippen LogP contribution is 1.97. The average Bonchev–Trinajstić information content (AvgIpc) is 1.87. The van der Waals surface area contributed by atoms with Crippen LogP contribution in [0.2, 0.25) is 0 Å². The third kappa shape index (κ3) is 0.899. The van der Waals surface area contributed by atoms with Gasteiger partial charge in [-0.1, -0.05) is 0 Å². The molecule has 0 radical (unpaired) electrons. The first-order valence-corrected chi connectivity index (χ1v) is 2.35. The van der Waals surface area contributed by atoms with Gasteiger partial charge in [-0.3, -0.25) is 0 Å². The lowest BCUT2D eigenvalue weighted by atomic mass is 10.3. The van der Waals surface area contributed by atoms with E-state index >= 15 is 0 Å². The van der Waals surface area contributed by atoms with E-state index in [0.717, 1.165) is 18.7 Å². The fourth-order valence-electron chi connectivity index (χ4n) is 0.596. The summed E-state index contributed by atoms with van der Waals surface area (Å²) in [7, 11) is 0. The summed E-state index contributed by atoms with van der Waals surface area (Å²) in [4.78, 5) is 0. The van der Waals surface area contributed by atoms with Crippen molar-refractivity contribution in [1.29, 1.82) is 0 Å². The number of hydrogen-bond donors (Lipinski definition) is 1. The first-order chi connectivity index (χ1) is 3.29. The molecule has 1 aliphatic heterocycles. The van der Waals surface area contributed by atoms with E-state index in [2.05, 4.69) is 5.10 Å². The van der Waals surface area contributed by atoms with Gasteiger partial charge in [-0.2, -0.15) is 5.10 Å². The summed E-state index contributed by atoms with van der Waals surface area (Å²) in [5.41, 5.74) is 1.13. The van der Waals surface area contributed by atoms with Crippen molar-refractivity contribution in [3.8, 4) is 0 Å². The maximum atomic E-state index is 5.27. The number of hydrogen-bond acceptors (Lipinski definition) is 3. The van der Waals surface area contributed by atoms with Gasteiger partial charge in [0.15, 0.2) is 0 Å². The largest absolute Gasteiger partial charge is 0.232 e. The van der Waals surface area contributed by atoms with Crippen molar-refractivity contribution in [2.45, 2.75) is 13.3 Å². The van der Waals surface area contributed by atoms with Crippen LogP contribution in [-0.2, 0) is 0 Å². The number of hydrazine groups is 1. The molecule has 2 N–H and O–H groups in total. The maximum absolute atomic E-state index is 5.27. The molecule has 0 bridgehead atoms. The Hall–Kier alpha value is -0.570. The monoisotopic (exact) mass is 99.1 g/mol. The quantitative estimate of drug-likeness (QED) is 0.432. The Morgan fingerprint density at radius 1 is 1.86 bits per heavy atom. The van der Waals surface area contributed by atoms with Crippen LogP contribution in [0.25, 0.3) is 0 Å². The molecule has 40 valence electrons. The summed E-state index contributed by atoms with van der Waals surface area (Å²) in [6, 6.07) is 0. The normalized spacial score (nSPS) is 20.3.